The number of carbonyl (C=O) groups excluding carboxylic acids is 2. The zero-order valence-corrected chi connectivity index (χ0v) is 20.3. The summed E-state index contributed by atoms with van der Waals surface area (Å²) in [7, 11) is 3.16. The van der Waals surface area contributed by atoms with Crippen LogP contribution in [0.3, 0.4) is 0 Å². The Labute approximate surface area is 192 Å². The van der Waals surface area contributed by atoms with Gasteiger partial charge in [0.15, 0.2) is 0 Å². The molecule has 8 unspecified atom stereocenters. The smallest absolute Gasteiger partial charge is 0.409 e. The van der Waals surface area contributed by atoms with Gasteiger partial charge in [-0.2, -0.15) is 0 Å². The van der Waals surface area contributed by atoms with Crippen molar-refractivity contribution in [3.63, 3.8) is 0 Å². The highest BCUT2D eigenvalue weighted by molar-refractivity contribution is 5.74. The highest BCUT2D eigenvalue weighted by Gasteiger charge is 2.67. The van der Waals surface area contributed by atoms with Crippen molar-refractivity contribution in [2.45, 2.75) is 83.3 Å². The molecule has 0 bridgehead atoms. The van der Waals surface area contributed by atoms with Crippen LogP contribution in [0.5, 0.6) is 0 Å². The lowest BCUT2D eigenvalue weighted by Crippen LogP contribution is -2.66. The van der Waals surface area contributed by atoms with E-state index in [4.69, 9.17) is 20.3 Å². The SMILES string of the molecule is COC(=O)C1CCC2(N)C3CCC4CC(OC(=O)N(C)CCO)CCC4(C)C3CCC12C. The summed E-state index contributed by atoms with van der Waals surface area (Å²) in [6, 6.07) is 0. The van der Waals surface area contributed by atoms with Crippen molar-refractivity contribution < 1.29 is 24.2 Å². The minimum Gasteiger partial charge on any atom is -0.469 e. The normalized spacial score (nSPS) is 45.2. The molecule has 7 heteroatoms. The molecule has 4 saturated carbocycles. The van der Waals surface area contributed by atoms with Crippen LogP contribution in [0.1, 0.15) is 71.6 Å². The van der Waals surface area contributed by atoms with E-state index in [1.54, 1.807) is 7.05 Å². The van der Waals surface area contributed by atoms with E-state index >= 15 is 0 Å². The third-order valence-electron chi connectivity index (χ3n) is 10.5. The Hall–Kier alpha value is -1.34. The maximum Gasteiger partial charge on any atom is 0.409 e. The number of likely N-dealkylation sites (N-methyl/N-ethyl adjacent to an activating group) is 1. The molecule has 4 aliphatic rings. The van der Waals surface area contributed by atoms with Crippen molar-refractivity contribution in [3.8, 4) is 0 Å². The first-order valence-electron chi connectivity index (χ1n) is 12.5. The Bertz CT molecular complexity index is 746. The van der Waals surface area contributed by atoms with Gasteiger partial charge in [-0.15, -0.1) is 0 Å². The monoisotopic (exact) mass is 450 g/mol. The number of aliphatic hydroxyl groups is 1. The molecule has 3 N–H and O–H groups in total. The lowest BCUT2D eigenvalue weighted by Gasteiger charge is -2.64. The van der Waals surface area contributed by atoms with Crippen LogP contribution >= 0.6 is 0 Å². The number of ether oxygens (including phenoxy) is 2. The van der Waals surface area contributed by atoms with E-state index in [0.29, 0.717) is 24.3 Å². The summed E-state index contributed by atoms with van der Waals surface area (Å²) in [4.78, 5) is 26.3. The van der Waals surface area contributed by atoms with Crippen molar-refractivity contribution in [1.82, 2.24) is 4.90 Å². The first-order valence-corrected chi connectivity index (χ1v) is 12.5. The molecule has 0 aromatic heterocycles. The summed E-state index contributed by atoms with van der Waals surface area (Å²) >= 11 is 0. The van der Waals surface area contributed by atoms with Gasteiger partial charge >= 0.3 is 12.1 Å². The highest BCUT2D eigenvalue weighted by atomic mass is 16.6. The second-order valence-electron chi connectivity index (χ2n) is 11.5. The quantitative estimate of drug-likeness (QED) is 0.637. The first kappa shape index (κ1) is 23.8. The van der Waals surface area contributed by atoms with Crippen LogP contribution in [-0.4, -0.2) is 61.0 Å². The van der Waals surface area contributed by atoms with E-state index in [0.717, 1.165) is 57.8 Å². The largest absolute Gasteiger partial charge is 0.469 e. The van der Waals surface area contributed by atoms with Crippen LogP contribution in [0, 0.1) is 34.5 Å². The third-order valence-corrected chi connectivity index (χ3v) is 10.5. The van der Waals surface area contributed by atoms with Gasteiger partial charge in [0.25, 0.3) is 0 Å². The van der Waals surface area contributed by atoms with Gasteiger partial charge in [0, 0.05) is 19.1 Å². The standard InChI is InChI=1S/C25H42N2O5/c1-23-10-7-17(32-22(30)27(3)13-14-28)15-16(23)5-6-19-18(23)8-11-24(2)20(21(29)31-4)9-12-25(19,24)26/h16-20,28H,5-15,26H2,1-4H3. The van der Waals surface area contributed by atoms with Crippen molar-refractivity contribution >= 4 is 12.1 Å². The molecule has 0 spiro atoms. The molecular weight excluding hydrogens is 408 g/mol. The fraction of sp³-hybridized carbons (Fsp3) is 0.920. The molecule has 4 rings (SSSR count). The van der Waals surface area contributed by atoms with Gasteiger partial charge in [-0.3, -0.25) is 4.79 Å². The lowest BCUT2D eigenvalue weighted by molar-refractivity contribution is -0.160. The Morgan fingerprint density at radius 3 is 2.50 bits per heavy atom. The van der Waals surface area contributed by atoms with Gasteiger partial charge in [0.2, 0.25) is 0 Å². The van der Waals surface area contributed by atoms with Crippen LogP contribution in [0.4, 0.5) is 4.79 Å². The van der Waals surface area contributed by atoms with E-state index in [-0.39, 0.29) is 47.1 Å². The van der Waals surface area contributed by atoms with Gasteiger partial charge < -0.3 is 25.2 Å². The van der Waals surface area contributed by atoms with Crippen LogP contribution in [0.25, 0.3) is 0 Å². The van der Waals surface area contributed by atoms with Gasteiger partial charge in [0.05, 0.1) is 19.6 Å². The second-order valence-corrected chi connectivity index (χ2v) is 11.5. The van der Waals surface area contributed by atoms with Crippen molar-refractivity contribution in [2.75, 3.05) is 27.3 Å². The Kier molecular flexibility index (Phi) is 6.29. The number of nitrogens with zero attached hydrogens (tertiary/aromatic N) is 1. The van der Waals surface area contributed by atoms with Gasteiger partial charge in [0.1, 0.15) is 6.10 Å². The number of esters is 1. The lowest BCUT2D eigenvalue weighted by atomic mass is 9.42. The molecule has 7 nitrogen and oxygen atoms in total. The molecule has 182 valence electrons. The van der Waals surface area contributed by atoms with Crippen molar-refractivity contribution in [3.05, 3.63) is 0 Å². The fourth-order valence-electron chi connectivity index (χ4n) is 8.39. The van der Waals surface area contributed by atoms with E-state index in [1.165, 1.54) is 12.0 Å². The van der Waals surface area contributed by atoms with Gasteiger partial charge in [-0.1, -0.05) is 13.8 Å². The highest BCUT2D eigenvalue weighted by Crippen LogP contribution is 2.68. The van der Waals surface area contributed by atoms with E-state index in [2.05, 4.69) is 13.8 Å². The van der Waals surface area contributed by atoms with Gasteiger partial charge in [-0.05, 0) is 86.4 Å². The number of carbonyl (C=O) groups is 2. The summed E-state index contributed by atoms with van der Waals surface area (Å²) in [5.74, 6) is 1.35. The number of nitrogens with two attached hydrogens (primary N) is 1. The summed E-state index contributed by atoms with van der Waals surface area (Å²) < 4.78 is 11.0. The molecule has 0 aromatic carbocycles. The van der Waals surface area contributed by atoms with E-state index in [9.17, 15) is 9.59 Å². The molecule has 4 aliphatic carbocycles. The zero-order chi connectivity index (χ0) is 23.3. The van der Waals surface area contributed by atoms with Gasteiger partial charge in [-0.25, -0.2) is 4.79 Å². The number of hydrogen-bond donors (Lipinski definition) is 2. The summed E-state index contributed by atoms with van der Waals surface area (Å²) in [6.45, 7) is 4.92. The number of rotatable bonds is 4. The van der Waals surface area contributed by atoms with Crippen LogP contribution in [0.15, 0.2) is 0 Å². The third kappa shape index (κ3) is 3.46. The molecule has 0 aromatic rings. The predicted octanol–water partition coefficient (Wildman–Crippen LogP) is 3.33. The minimum atomic E-state index is -0.338. The van der Waals surface area contributed by atoms with E-state index < -0.39 is 0 Å². The molecule has 0 saturated heterocycles. The summed E-state index contributed by atoms with van der Waals surface area (Å²) in [5, 5.41) is 9.07. The first-order chi connectivity index (χ1) is 15.1. The average molecular weight is 451 g/mol. The fourth-order valence-corrected chi connectivity index (χ4v) is 8.39. The Morgan fingerprint density at radius 2 is 1.81 bits per heavy atom. The second kappa shape index (κ2) is 8.46. The summed E-state index contributed by atoms with van der Waals surface area (Å²) in [5.41, 5.74) is 6.98. The molecule has 0 radical (unpaired) electrons. The minimum absolute atomic E-state index is 0.0471. The van der Waals surface area contributed by atoms with Crippen LogP contribution < -0.4 is 5.73 Å². The molecule has 0 heterocycles. The van der Waals surface area contributed by atoms with E-state index in [1.807, 2.05) is 0 Å². The number of amides is 1. The topological polar surface area (TPSA) is 102 Å². The molecular formula is C25H42N2O5. The van der Waals surface area contributed by atoms with Crippen molar-refractivity contribution in [1.29, 1.82) is 0 Å². The zero-order valence-electron chi connectivity index (χ0n) is 20.3. The van der Waals surface area contributed by atoms with Crippen LogP contribution in [0.2, 0.25) is 0 Å². The molecule has 0 aliphatic heterocycles. The number of hydrogen-bond acceptors (Lipinski definition) is 6. The predicted molar refractivity (Wildman–Crippen MR) is 121 cm³/mol. The molecule has 1 amide bonds. The number of methoxy groups -OCH3 is 1. The molecule has 4 fully saturated rings. The van der Waals surface area contributed by atoms with Crippen LogP contribution in [-0.2, 0) is 14.3 Å². The average Bonchev–Trinajstić information content (AvgIpc) is 3.05. The maximum atomic E-state index is 12.5. The molecule has 8 atom stereocenters. The number of aliphatic hydroxyl groups excluding tert-OH is 1. The summed E-state index contributed by atoms with van der Waals surface area (Å²) in [6.07, 6.45) is 8.50. The Morgan fingerprint density at radius 1 is 1.06 bits per heavy atom. The molecule has 32 heavy (non-hydrogen) atoms. The maximum absolute atomic E-state index is 12.5. The Balaban J connectivity index is 1.48. The number of fused-ring (bicyclic) bond motifs is 5. The van der Waals surface area contributed by atoms with Crippen molar-refractivity contribution in [2.24, 2.45) is 40.2 Å².